The SMILES string of the molecule is CC(C)(C)[S@+]([O-])NCCc1cc2cccnc2nc1-c1ccccc1. The summed E-state index contributed by atoms with van der Waals surface area (Å²) >= 11 is -1.07. The molecular formula is C20H23N3OS. The fourth-order valence-electron chi connectivity index (χ4n) is 2.58. The maximum absolute atomic E-state index is 12.2. The van der Waals surface area contributed by atoms with Gasteiger partial charge < -0.3 is 4.55 Å². The highest BCUT2D eigenvalue weighted by molar-refractivity contribution is 7.90. The molecule has 0 aliphatic heterocycles. The van der Waals surface area contributed by atoms with Gasteiger partial charge in [-0.15, -0.1) is 4.72 Å². The molecule has 1 aromatic carbocycles. The first-order chi connectivity index (χ1) is 11.9. The minimum atomic E-state index is -1.07. The molecule has 3 aromatic rings. The fraction of sp³-hybridized carbons (Fsp3) is 0.300. The van der Waals surface area contributed by atoms with Gasteiger partial charge in [0, 0.05) is 35.1 Å². The number of hydrogen-bond acceptors (Lipinski definition) is 4. The van der Waals surface area contributed by atoms with Crippen LogP contribution in [0, 0.1) is 0 Å². The lowest BCUT2D eigenvalue weighted by molar-refractivity contribution is 0.544. The van der Waals surface area contributed by atoms with Gasteiger partial charge in [0.25, 0.3) is 0 Å². The smallest absolute Gasteiger partial charge is 0.159 e. The summed E-state index contributed by atoms with van der Waals surface area (Å²) < 4.78 is 15.1. The molecule has 0 saturated heterocycles. The lowest BCUT2D eigenvalue weighted by Crippen LogP contribution is -2.40. The van der Waals surface area contributed by atoms with Crippen LogP contribution in [0.4, 0.5) is 0 Å². The van der Waals surface area contributed by atoms with Crippen LogP contribution in [0.25, 0.3) is 22.3 Å². The van der Waals surface area contributed by atoms with E-state index in [0.717, 1.165) is 34.3 Å². The Morgan fingerprint density at radius 1 is 1.08 bits per heavy atom. The van der Waals surface area contributed by atoms with Crippen LogP contribution in [0.2, 0.25) is 0 Å². The van der Waals surface area contributed by atoms with Gasteiger partial charge in [0.2, 0.25) is 0 Å². The molecule has 0 aliphatic rings. The minimum Gasteiger partial charge on any atom is -0.598 e. The Balaban J connectivity index is 1.90. The molecule has 25 heavy (non-hydrogen) atoms. The normalized spacial score (nSPS) is 13.1. The van der Waals surface area contributed by atoms with Crippen LogP contribution >= 0.6 is 0 Å². The summed E-state index contributed by atoms with van der Waals surface area (Å²) in [4.78, 5) is 9.15. The number of hydrogen-bond donors (Lipinski definition) is 1. The van der Waals surface area contributed by atoms with E-state index < -0.39 is 11.4 Å². The maximum Gasteiger partial charge on any atom is 0.159 e. The van der Waals surface area contributed by atoms with Crippen LogP contribution in [0.5, 0.6) is 0 Å². The summed E-state index contributed by atoms with van der Waals surface area (Å²) in [5.41, 5.74) is 3.89. The Kier molecular flexibility index (Phi) is 5.37. The molecule has 130 valence electrons. The van der Waals surface area contributed by atoms with Crippen LogP contribution in [0.3, 0.4) is 0 Å². The summed E-state index contributed by atoms with van der Waals surface area (Å²) in [5.74, 6) is 0. The second-order valence-corrected chi connectivity index (χ2v) is 8.99. The average molecular weight is 353 g/mol. The van der Waals surface area contributed by atoms with Gasteiger partial charge in [-0.3, -0.25) is 0 Å². The molecule has 0 amide bonds. The van der Waals surface area contributed by atoms with Crippen LogP contribution in [-0.2, 0) is 17.8 Å². The van der Waals surface area contributed by atoms with E-state index in [1.807, 2.05) is 51.1 Å². The molecule has 3 rings (SSSR count). The molecule has 0 aliphatic carbocycles. The summed E-state index contributed by atoms with van der Waals surface area (Å²) in [6, 6.07) is 16.2. The van der Waals surface area contributed by atoms with Gasteiger partial charge in [-0.1, -0.05) is 30.3 Å². The highest BCUT2D eigenvalue weighted by Gasteiger charge is 2.25. The van der Waals surface area contributed by atoms with E-state index in [0.29, 0.717) is 6.54 Å². The zero-order valence-corrected chi connectivity index (χ0v) is 15.6. The van der Waals surface area contributed by atoms with Gasteiger partial charge in [-0.2, -0.15) is 0 Å². The lowest BCUT2D eigenvalue weighted by atomic mass is 10.0. The standard InChI is InChI=1S/C20H23N3OS/c1-20(2,3)25(24)22-13-11-16-14-17-10-7-12-21-19(17)23-18(16)15-8-5-4-6-9-15/h4-10,12,14,22H,11,13H2,1-3H3/t25-/m0/s1. The van der Waals surface area contributed by atoms with E-state index in [-0.39, 0.29) is 4.75 Å². The Bertz CT molecular complexity index is 846. The Morgan fingerprint density at radius 3 is 2.56 bits per heavy atom. The number of benzene rings is 1. The van der Waals surface area contributed by atoms with Crippen molar-refractivity contribution in [3.63, 3.8) is 0 Å². The van der Waals surface area contributed by atoms with Crippen molar-refractivity contribution in [2.45, 2.75) is 31.9 Å². The second kappa shape index (κ2) is 7.52. The first-order valence-corrected chi connectivity index (χ1v) is 9.55. The van der Waals surface area contributed by atoms with Gasteiger partial charge >= 0.3 is 0 Å². The number of pyridine rings is 2. The monoisotopic (exact) mass is 353 g/mol. The Morgan fingerprint density at radius 2 is 1.84 bits per heavy atom. The second-order valence-electron chi connectivity index (χ2n) is 6.94. The van der Waals surface area contributed by atoms with E-state index in [4.69, 9.17) is 4.98 Å². The third-order valence-corrected chi connectivity index (χ3v) is 5.48. The zero-order chi connectivity index (χ0) is 17.9. The molecule has 1 atom stereocenters. The number of fused-ring (bicyclic) bond motifs is 1. The molecular weight excluding hydrogens is 330 g/mol. The molecule has 0 fully saturated rings. The van der Waals surface area contributed by atoms with Crippen molar-refractivity contribution in [3.05, 3.63) is 60.3 Å². The van der Waals surface area contributed by atoms with Gasteiger partial charge in [-0.25, -0.2) is 9.97 Å². The molecule has 2 aromatic heterocycles. The van der Waals surface area contributed by atoms with Gasteiger partial charge in [0.15, 0.2) is 5.65 Å². The number of aromatic nitrogens is 2. The molecule has 0 saturated carbocycles. The zero-order valence-electron chi connectivity index (χ0n) is 14.8. The molecule has 2 heterocycles. The third-order valence-electron chi connectivity index (χ3n) is 3.90. The molecule has 0 unspecified atom stereocenters. The molecule has 1 N–H and O–H groups in total. The third kappa shape index (κ3) is 4.37. The molecule has 5 heteroatoms. The van der Waals surface area contributed by atoms with Gasteiger partial charge in [0.1, 0.15) is 4.75 Å². The average Bonchev–Trinajstić information content (AvgIpc) is 2.61. The Labute approximate surface area is 152 Å². The topological polar surface area (TPSA) is 60.9 Å². The van der Waals surface area contributed by atoms with Crippen LogP contribution in [0.15, 0.2) is 54.7 Å². The van der Waals surface area contributed by atoms with E-state index in [9.17, 15) is 4.55 Å². The number of nitrogens with zero attached hydrogens (tertiary/aromatic N) is 2. The van der Waals surface area contributed by atoms with Crippen molar-refractivity contribution in [1.82, 2.24) is 14.7 Å². The van der Waals surface area contributed by atoms with Crippen molar-refractivity contribution in [1.29, 1.82) is 0 Å². The van der Waals surface area contributed by atoms with Crippen molar-refractivity contribution in [3.8, 4) is 11.3 Å². The summed E-state index contributed by atoms with van der Waals surface area (Å²) in [6.45, 7) is 6.54. The highest BCUT2D eigenvalue weighted by Crippen LogP contribution is 2.25. The van der Waals surface area contributed by atoms with Gasteiger partial charge in [0.05, 0.1) is 5.69 Å². The van der Waals surface area contributed by atoms with Crippen molar-refractivity contribution >= 4 is 22.4 Å². The van der Waals surface area contributed by atoms with Crippen LogP contribution < -0.4 is 4.72 Å². The number of rotatable bonds is 5. The van der Waals surface area contributed by atoms with Gasteiger partial charge in [-0.05, 0) is 51.0 Å². The highest BCUT2D eigenvalue weighted by atomic mass is 32.2. The minimum absolute atomic E-state index is 0.270. The summed E-state index contributed by atoms with van der Waals surface area (Å²) in [5, 5.41) is 1.02. The lowest BCUT2D eigenvalue weighted by Gasteiger charge is -2.23. The molecule has 0 spiro atoms. The maximum atomic E-state index is 12.2. The first-order valence-electron chi connectivity index (χ1n) is 8.40. The molecule has 0 radical (unpaired) electrons. The molecule has 4 nitrogen and oxygen atoms in total. The predicted molar refractivity (Wildman–Crippen MR) is 105 cm³/mol. The van der Waals surface area contributed by atoms with Crippen molar-refractivity contribution < 1.29 is 4.55 Å². The summed E-state index contributed by atoms with van der Waals surface area (Å²) in [6.07, 6.45) is 2.52. The fourth-order valence-corrected chi connectivity index (χ4v) is 3.30. The number of nitrogens with one attached hydrogen (secondary N) is 1. The Hall–Kier alpha value is -1.95. The summed E-state index contributed by atoms with van der Waals surface area (Å²) in [7, 11) is 0. The molecule has 0 bridgehead atoms. The van der Waals surface area contributed by atoms with Crippen molar-refractivity contribution in [2.24, 2.45) is 0 Å². The van der Waals surface area contributed by atoms with E-state index in [2.05, 4.69) is 27.9 Å². The van der Waals surface area contributed by atoms with E-state index in [1.165, 1.54) is 0 Å². The first kappa shape index (κ1) is 17.9. The van der Waals surface area contributed by atoms with E-state index in [1.54, 1.807) is 6.20 Å². The van der Waals surface area contributed by atoms with Crippen molar-refractivity contribution in [2.75, 3.05) is 6.54 Å². The van der Waals surface area contributed by atoms with Crippen LogP contribution in [0.1, 0.15) is 26.3 Å². The van der Waals surface area contributed by atoms with E-state index >= 15 is 0 Å². The predicted octanol–water partition coefficient (Wildman–Crippen LogP) is 3.89. The van der Waals surface area contributed by atoms with Crippen LogP contribution in [-0.4, -0.2) is 25.8 Å². The quantitative estimate of drug-likeness (QED) is 0.707. The largest absolute Gasteiger partial charge is 0.598 e.